The molecule has 0 fully saturated rings. The monoisotopic (exact) mass is 335 g/mol. The molecular weight excluding hydrogens is 330 g/mol. The van der Waals surface area contributed by atoms with Gasteiger partial charge in [-0.3, -0.25) is 4.79 Å². The molecule has 0 aliphatic heterocycles. The van der Waals surface area contributed by atoms with Gasteiger partial charge in [0.15, 0.2) is 5.78 Å². The lowest BCUT2D eigenvalue weighted by Crippen LogP contribution is -1.99. The molecule has 2 heterocycles. The van der Waals surface area contributed by atoms with E-state index in [2.05, 4.69) is 20.9 Å². The van der Waals surface area contributed by atoms with Crippen molar-refractivity contribution in [2.24, 2.45) is 0 Å². The van der Waals surface area contributed by atoms with Crippen molar-refractivity contribution in [3.63, 3.8) is 0 Å². The van der Waals surface area contributed by atoms with Gasteiger partial charge in [-0.2, -0.15) is 0 Å². The van der Waals surface area contributed by atoms with Crippen LogP contribution in [0.1, 0.15) is 15.4 Å². The maximum Gasteiger partial charge on any atom is 0.196 e. The van der Waals surface area contributed by atoms with Gasteiger partial charge >= 0.3 is 0 Å². The molecule has 2 nitrogen and oxygen atoms in total. The zero-order valence-corrected chi connectivity index (χ0v) is 12.3. The highest BCUT2D eigenvalue weighted by Crippen LogP contribution is 2.35. The van der Waals surface area contributed by atoms with Crippen LogP contribution >= 0.6 is 50.2 Å². The summed E-state index contributed by atoms with van der Waals surface area (Å²) in [6.45, 7) is 2.04. The molecule has 2 rings (SSSR count). The van der Waals surface area contributed by atoms with Gasteiger partial charge in [0.25, 0.3) is 0 Å². The second-order valence-corrected chi connectivity index (χ2v) is 6.35. The summed E-state index contributed by atoms with van der Waals surface area (Å²) in [5.41, 5.74) is 0.456. The lowest BCUT2D eigenvalue weighted by atomic mass is 10.3. The Kier molecular flexibility index (Phi) is 3.79. The minimum absolute atomic E-state index is 0.0175. The second kappa shape index (κ2) is 4.96. The summed E-state index contributed by atoms with van der Waals surface area (Å²) in [4.78, 5) is 17.9. The van der Waals surface area contributed by atoms with Crippen LogP contribution in [0.5, 0.6) is 0 Å². The van der Waals surface area contributed by atoms with Gasteiger partial charge in [0.1, 0.15) is 10.7 Å². The van der Waals surface area contributed by atoms with Crippen LogP contribution in [0.2, 0.25) is 0 Å². The molecule has 0 atom stereocenters. The van der Waals surface area contributed by atoms with Gasteiger partial charge in [0.2, 0.25) is 0 Å². The Morgan fingerprint density at radius 3 is 2.94 bits per heavy atom. The Bertz CT molecular complexity index is 515. The van der Waals surface area contributed by atoms with E-state index in [0.717, 1.165) is 14.4 Å². The third kappa shape index (κ3) is 2.37. The van der Waals surface area contributed by atoms with E-state index in [4.69, 9.17) is 11.6 Å². The van der Waals surface area contributed by atoms with Crippen molar-refractivity contribution in [3.05, 3.63) is 26.5 Å². The fourth-order valence-corrected chi connectivity index (χ4v) is 3.71. The number of carbonyl (C=O) groups is 1. The third-order valence-corrected chi connectivity index (χ3v) is 5.37. The molecular formula is C10H7BrClNOS2. The standard InChI is InChI=1S/C10H7BrClNOS2/c1-5-6(11)2-9(16-5)10-13-7(4-15-10)8(14)3-12/h2,4H,3H2,1H3. The van der Waals surface area contributed by atoms with Crippen molar-refractivity contribution in [1.82, 2.24) is 4.98 Å². The molecule has 2 aromatic heterocycles. The number of hydrogen-bond acceptors (Lipinski definition) is 4. The first-order valence-corrected chi connectivity index (χ1v) is 7.45. The highest BCUT2D eigenvalue weighted by Gasteiger charge is 2.13. The molecule has 0 unspecified atom stereocenters. The van der Waals surface area contributed by atoms with Crippen LogP contribution in [0, 0.1) is 6.92 Å². The molecule has 0 aliphatic rings. The summed E-state index contributed by atoms with van der Waals surface area (Å²) in [6.07, 6.45) is 0. The van der Waals surface area contributed by atoms with Crippen LogP contribution in [-0.2, 0) is 0 Å². The van der Waals surface area contributed by atoms with Gasteiger partial charge in [-0.1, -0.05) is 0 Å². The number of nitrogens with zero attached hydrogens (tertiary/aromatic N) is 1. The number of aromatic nitrogens is 1. The third-order valence-electron chi connectivity index (χ3n) is 1.98. The Hall–Kier alpha value is -0.230. The highest BCUT2D eigenvalue weighted by atomic mass is 79.9. The first kappa shape index (κ1) is 12.2. The SMILES string of the molecule is Cc1sc(-c2nc(C(=O)CCl)cs2)cc1Br. The summed E-state index contributed by atoms with van der Waals surface area (Å²) < 4.78 is 1.08. The number of thiazole rings is 1. The average Bonchev–Trinajstić information content (AvgIpc) is 2.86. The first-order valence-electron chi connectivity index (χ1n) is 4.43. The van der Waals surface area contributed by atoms with Gasteiger partial charge in [0.05, 0.1) is 10.8 Å². The van der Waals surface area contributed by atoms with Crippen LogP contribution in [0.4, 0.5) is 0 Å². The molecule has 0 saturated heterocycles. The van der Waals surface area contributed by atoms with E-state index in [1.54, 1.807) is 16.7 Å². The molecule has 0 spiro atoms. The van der Waals surface area contributed by atoms with Gasteiger partial charge in [-0.25, -0.2) is 4.98 Å². The number of Topliss-reactive ketones (excluding diaryl/α,β-unsaturated/α-hetero) is 1. The van der Waals surface area contributed by atoms with Crippen LogP contribution < -0.4 is 0 Å². The molecule has 6 heteroatoms. The molecule has 0 aromatic carbocycles. The lowest BCUT2D eigenvalue weighted by Gasteiger charge is -1.88. The van der Waals surface area contributed by atoms with E-state index in [1.165, 1.54) is 16.2 Å². The summed E-state index contributed by atoms with van der Waals surface area (Å²) in [5, 5.41) is 2.62. The number of rotatable bonds is 3. The number of alkyl halides is 1. The lowest BCUT2D eigenvalue weighted by molar-refractivity contribution is 0.101. The summed E-state index contributed by atoms with van der Waals surface area (Å²) >= 11 is 12.1. The number of halogens is 2. The molecule has 0 aliphatic carbocycles. The maximum atomic E-state index is 11.3. The second-order valence-electron chi connectivity index (χ2n) is 3.11. The number of thiophene rings is 1. The molecule has 0 radical (unpaired) electrons. The summed E-state index contributed by atoms with van der Waals surface area (Å²) in [6, 6.07) is 2.02. The number of ketones is 1. The fourth-order valence-electron chi connectivity index (χ4n) is 1.15. The number of hydrogen-bond donors (Lipinski definition) is 0. The molecule has 16 heavy (non-hydrogen) atoms. The zero-order chi connectivity index (χ0) is 11.7. The van der Waals surface area contributed by atoms with Crippen LogP contribution in [-0.4, -0.2) is 16.6 Å². The minimum atomic E-state index is -0.128. The van der Waals surface area contributed by atoms with Gasteiger partial charge in [0, 0.05) is 14.7 Å². The van der Waals surface area contributed by atoms with E-state index in [9.17, 15) is 4.79 Å². The van der Waals surface area contributed by atoms with Crippen molar-refractivity contribution in [3.8, 4) is 9.88 Å². The van der Waals surface area contributed by atoms with E-state index in [1.807, 2.05) is 13.0 Å². The quantitative estimate of drug-likeness (QED) is 0.615. The van der Waals surface area contributed by atoms with E-state index >= 15 is 0 Å². The molecule has 84 valence electrons. The van der Waals surface area contributed by atoms with Gasteiger partial charge in [-0.15, -0.1) is 34.3 Å². The largest absolute Gasteiger partial charge is 0.291 e. The first-order chi connectivity index (χ1) is 7.61. The van der Waals surface area contributed by atoms with E-state index < -0.39 is 0 Å². The Balaban J connectivity index is 2.35. The van der Waals surface area contributed by atoms with Crippen LogP contribution in [0.15, 0.2) is 15.9 Å². The molecule has 0 N–H and O–H groups in total. The van der Waals surface area contributed by atoms with E-state index in [0.29, 0.717) is 5.69 Å². The Labute approximate surface area is 114 Å². The van der Waals surface area contributed by atoms with Crippen LogP contribution in [0.25, 0.3) is 9.88 Å². The minimum Gasteiger partial charge on any atom is -0.291 e. The predicted molar refractivity (Wildman–Crippen MR) is 72.9 cm³/mol. The summed E-state index contributed by atoms with van der Waals surface area (Å²) in [5.74, 6) is -0.146. The van der Waals surface area contributed by atoms with E-state index in [-0.39, 0.29) is 11.7 Å². The molecule has 0 saturated carbocycles. The maximum absolute atomic E-state index is 11.3. The normalized spacial score (nSPS) is 10.7. The zero-order valence-electron chi connectivity index (χ0n) is 8.29. The number of aryl methyl sites for hydroxylation is 1. The van der Waals surface area contributed by atoms with Crippen molar-refractivity contribution >= 4 is 56.0 Å². The predicted octanol–water partition coefficient (Wildman–Crippen LogP) is 4.36. The molecule has 0 bridgehead atoms. The van der Waals surface area contributed by atoms with Gasteiger partial charge in [-0.05, 0) is 28.9 Å². The topological polar surface area (TPSA) is 30.0 Å². The van der Waals surface area contributed by atoms with Crippen molar-refractivity contribution in [2.75, 3.05) is 5.88 Å². The van der Waals surface area contributed by atoms with Crippen molar-refractivity contribution in [2.45, 2.75) is 6.92 Å². The highest BCUT2D eigenvalue weighted by molar-refractivity contribution is 9.10. The fraction of sp³-hybridized carbons (Fsp3) is 0.200. The van der Waals surface area contributed by atoms with Gasteiger partial charge < -0.3 is 0 Å². The Morgan fingerprint density at radius 1 is 1.62 bits per heavy atom. The van der Waals surface area contributed by atoms with Crippen molar-refractivity contribution in [1.29, 1.82) is 0 Å². The van der Waals surface area contributed by atoms with Crippen molar-refractivity contribution < 1.29 is 4.79 Å². The summed E-state index contributed by atoms with van der Waals surface area (Å²) in [7, 11) is 0. The molecule has 2 aromatic rings. The number of carbonyl (C=O) groups excluding carboxylic acids is 1. The average molecular weight is 337 g/mol. The smallest absolute Gasteiger partial charge is 0.196 e. The Morgan fingerprint density at radius 2 is 2.38 bits per heavy atom. The van der Waals surface area contributed by atoms with Crippen LogP contribution in [0.3, 0.4) is 0 Å². The molecule has 0 amide bonds.